The maximum atomic E-state index is 5.79. The van der Waals surface area contributed by atoms with E-state index >= 15 is 0 Å². The van der Waals surface area contributed by atoms with E-state index in [4.69, 9.17) is 10.6 Å². The maximum Gasteiger partial charge on any atom is 0.0789 e. The molecule has 1 rings (SSSR count). The van der Waals surface area contributed by atoms with Crippen molar-refractivity contribution in [2.75, 3.05) is 7.11 Å². The molecule has 0 aliphatic carbocycles. The van der Waals surface area contributed by atoms with Gasteiger partial charge in [-0.1, -0.05) is 38.5 Å². The summed E-state index contributed by atoms with van der Waals surface area (Å²) < 4.78 is 5.70. The third-order valence-corrected chi connectivity index (χ3v) is 3.95. The average molecular weight is 278 g/mol. The number of methoxy groups -OCH3 is 1. The summed E-state index contributed by atoms with van der Waals surface area (Å²) in [6, 6.07) is 4.56. The predicted molar refractivity (Wildman–Crippen MR) is 85.7 cm³/mol. The largest absolute Gasteiger partial charge is 0.379 e. The van der Waals surface area contributed by atoms with Gasteiger partial charge in [-0.2, -0.15) is 0 Å². The zero-order valence-electron chi connectivity index (χ0n) is 14.0. The van der Waals surface area contributed by atoms with Crippen molar-refractivity contribution in [3.05, 3.63) is 34.4 Å². The van der Waals surface area contributed by atoms with Crippen LogP contribution in [-0.4, -0.2) is 19.3 Å². The smallest absolute Gasteiger partial charge is 0.0789 e. The van der Waals surface area contributed by atoms with Gasteiger partial charge in [0.2, 0.25) is 0 Å². The highest BCUT2D eigenvalue weighted by Crippen LogP contribution is 2.27. The van der Waals surface area contributed by atoms with Gasteiger partial charge in [-0.25, -0.2) is 0 Å². The summed E-state index contributed by atoms with van der Waals surface area (Å²) in [5.74, 6) is 5.79. The second-order valence-corrected chi connectivity index (χ2v) is 6.88. The molecule has 0 saturated heterocycles. The highest BCUT2D eigenvalue weighted by atomic mass is 16.5. The molecule has 0 aliphatic rings. The Hall–Kier alpha value is -0.900. The molecular formula is C17H30N2O. The molecule has 0 spiro atoms. The van der Waals surface area contributed by atoms with Crippen LogP contribution in [0.4, 0.5) is 0 Å². The van der Waals surface area contributed by atoms with Crippen LogP contribution in [0.1, 0.15) is 43.0 Å². The Kier molecular flexibility index (Phi) is 5.75. The van der Waals surface area contributed by atoms with Gasteiger partial charge in [0.1, 0.15) is 0 Å². The molecule has 0 aromatic heterocycles. The fraction of sp³-hybridized carbons (Fsp3) is 0.647. The van der Waals surface area contributed by atoms with E-state index < -0.39 is 0 Å². The topological polar surface area (TPSA) is 47.3 Å². The van der Waals surface area contributed by atoms with E-state index in [9.17, 15) is 0 Å². The predicted octanol–water partition coefficient (Wildman–Crippen LogP) is 3.05. The summed E-state index contributed by atoms with van der Waals surface area (Å²) in [4.78, 5) is 0. The van der Waals surface area contributed by atoms with E-state index in [0.717, 1.165) is 6.42 Å². The van der Waals surface area contributed by atoms with Crippen molar-refractivity contribution < 1.29 is 4.74 Å². The van der Waals surface area contributed by atoms with Gasteiger partial charge in [-0.3, -0.25) is 11.3 Å². The number of hydrazine groups is 1. The number of ether oxygens (including phenoxy) is 1. The lowest BCUT2D eigenvalue weighted by Crippen LogP contribution is -2.51. The molecule has 1 aromatic carbocycles. The second-order valence-electron chi connectivity index (χ2n) is 6.88. The quantitative estimate of drug-likeness (QED) is 0.643. The molecule has 3 heteroatoms. The first kappa shape index (κ1) is 17.2. The van der Waals surface area contributed by atoms with Gasteiger partial charge in [0.15, 0.2) is 0 Å². The molecule has 0 aliphatic heterocycles. The van der Waals surface area contributed by atoms with Crippen LogP contribution in [0.3, 0.4) is 0 Å². The highest BCUT2D eigenvalue weighted by molar-refractivity contribution is 5.38. The van der Waals surface area contributed by atoms with Crippen molar-refractivity contribution in [3.8, 4) is 0 Å². The molecular weight excluding hydrogens is 248 g/mol. The van der Waals surface area contributed by atoms with Crippen LogP contribution in [0.15, 0.2) is 12.1 Å². The van der Waals surface area contributed by atoms with Gasteiger partial charge in [0.25, 0.3) is 0 Å². The Morgan fingerprint density at radius 3 is 2.00 bits per heavy atom. The van der Waals surface area contributed by atoms with E-state index in [1.54, 1.807) is 7.11 Å². The summed E-state index contributed by atoms with van der Waals surface area (Å²) in [6.07, 6.45) is 0.942. The highest BCUT2D eigenvalue weighted by Gasteiger charge is 2.32. The Balaban J connectivity index is 3.05. The van der Waals surface area contributed by atoms with Crippen LogP contribution in [0.25, 0.3) is 0 Å². The third-order valence-electron chi connectivity index (χ3n) is 3.95. The minimum atomic E-state index is 0.0400. The fourth-order valence-electron chi connectivity index (χ4n) is 3.13. The molecule has 2 unspecified atom stereocenters. The summed E-state index contributed by atoms with van der Waals surface area (Å²) in [6.45, 7) is 13.0. The van der Waals surface area contributed by atoms with Gasteiger partial charge in [-0.15, -0.1) is 0 Å². The summed E-state index contributed by atoms with van der Waals surface area (Å²) in [5.41, 5.74) is 8.31. The van der Waals surface area contributed by atoms with Crippen molar-refractivity contribution in [2.24, 2.45) is 11.3 Å². The first-order valence-electron chi connectivity index (χ1n) is 7.26. The molecule has 0 amide bonds. The molecule has 3 N–H and O–H groups in total. The van der Waals surface area contributed by atoms with Crippen molar-refractivity contribution in [1.82, 2.24) is 5.43 Å². The molecule has 3 nitrogen and oxygen atoms in total. The standard InChI is InChI=1S/C17H30N2O/c1-11-8-12(2)14(13(3)9-11)10-15(19-18)16(20-7)17(4,5)6/h8-9,15-16,19H,10,18H2,1-7H3. The minimum Gasteiger partial charge on any atom is -0.379 e. The van der Waals surface area contributed by atoms with Gasteiger partial charge in [-0.05, 0) is 49.3 Å². The Bertz CT molecular complexity index is 426. The number of nitrogens with two attached hydrogens (primary N) is 1. The number of aryl methyl sites for hydroxylation is 3. The maximum absolute atomic E-state index is 5.79. The Labute approximate surface area is 123 Å². The van der Waals surface area contributed by atoms with E-state index in [0.29, 0.717) is 0 Å². The fourth-order valence-corrected chi connectivity index (χ4v) is 3.13. The Morgan fingerprint density at radius 1 is 1.15 bits per heavy atom. The number of rotatable bonds is 5. The van der Waals surface area contributed by atoms with Gasteiger partial charge >= 0.3 is 0 Å². The van der Waals surface area contributed by atoms with Crippen LogP contribution in [0, 0.1) is 26.2 Å². The first-order valence-corrected chi connectivity index (χ1v) is 7.26. The number of hydrogen-bond acceptors (Lipinski definition) is 3. The minimum absolute atomic E-state index is 0.0400. The van der Waals surface area contributed by atoms with Crippen LogP contribution in [0.2, 0.25) is 0 Å². The number of hydrogen-bond donors (Lipinski definition) is 2. The molecule has 0 radical (unpaired) electrons. The average Bonchev–Trinajstić information content (AvgIpc) is 2.30. The lowest BCUT2D eigenvalue weighted by molar-refractivity contribution is -0.0111. The zero-order valence-corrected chi connectivity index (χ0v) is 14.0. The molecule has 20 heavy (non-hydrogen) atoms. The summed E-state index contributed by atoms with van der Waals surface area (Å²) >= 11 is 0. The third kappa shape index (κ3) is 4.05. The van der Waals surface area contributed by atoms with E-state index in [1.807, 2.05) is 0 Å². The molecule has 0 fully saturated rings. The molecule has 0 saturated carbocycles. The van der Waals surface area contributed by atoms with E-state index in [1.165, 1.54) is 22.3 Å². The van der Waals surface area contributed by atoms with Crippen LogP contribution >= 0.6 is 0 Å². The number of benzene rings is 1. The molecule has 0 heterocycles. The van der Waals surface area contributed by atoms with Gasteiger partial charge in [0.05, 0.1) is 12.1 Å². The second kappa shape index (κ2) is 6.70. The molecule has 114 valence electrons. The van der Waals surface area contributed by atoms with E-state index in [-0.39, 0.29) is 17.6 Å². The SMILES string of the molecule is COC(C(Cc1c(C)cc(C)cc1C)NN)C(C)(C)C. The number of nitrogens with one attached hydrogen (secondary N) is 1. The lowest BCUT2D eigenvalue weighted by atomic mass is 9.81. The molecule has 2 atom stereocenters. The lowest BCUT2D eigenvalue weighted by Gasteiger charge is -2.36. The van der Waals surface area contributed by atoms with Crippen molar-refractivity contribution in [3.63, 3.8) is 0 Å². The van der Waals surface area contributed by atoms with Gasteiger partial charge < -0.3 is 4.74 Å². The van der Waals surface area contributed by atoms with Crippen LogP contribution in [0.5, 0.6) is 0 Å². The molecule has 0 bridgehead atoms. The van der Waals surface area contributed by atoms with E-state index in [2.05, 4.69) is 59.1 Å². The van der Waals surface area contributed by atoms with Crippen molar-refractivity contribution >= 4 is 0 Å². The Morgan fingerprint density at radius 2 is 1.65 bits per heavy atom. The van der Waals surface area contributed by atoms with Crippen LogP contribution in [-0.2, 0) is 11.2 Å². The normalized spacial score (nSPS) is 15.2. The summed E-state index contributed by atoms with van der Waals surface area (Å²) in [5, 5.41) is 0. The van der Waals surface area contributed by atoms with Gasteiger partial charge in [0, 0.05) is 7.11 Å². The first-order chi connectivity index (χ1) is 9.20. The van der Waals surface area contributed by atoms with Crippen molar-refractivity contribution in [1.29, 1.82) is 0 Å². The van der Waals surface area contributed by atoms with Crippen LogP contribution < -0.4 is 11.3 Å². The monoisotopic (exact) mass is 278 g/mol. The zero-order chi connectivity index (χ0) is 15.5. The molecule has 1 aromatic rings. The van der Waals surface area contributed by atoms with Crippen molar-refractivity contribution in [2.45, 2.75) is 60.1 Å². The summed E-state index contributed by atoms with van der Waals surface area (Å²) in [7, 11) is 1.76.